The number of imidazole rings is 1. The summed E-state index contributed by atoms with van der Waals surface area (Å²) in [7, 11) is 1.70. The lowest BCUT2D eigenvalue weighted by Gasteiger charge is -2.31. The molecule has 0 amide bonds. The summed E-state index contributed by atoms with van der Waals surface area (Å²) < 4.78 is 52.7. The molecule has 10 heteroatoms. The van der Waals surface area contributed by atoms with Gasteiger partial charge in [-0.15, -0.1) is 0 Å². The summed E-state index contributed by atoms with van der Waals surface area (Å²) in [4.78, 5) is 10.5. The molecule has 0 saturated carbocycles. The molecule has 5 aromatic rings. The van der Waals surface area contributed by atoms with E-state index in [1.807, 2.05) is 13.8 Å². The van der Waals surface area contributed by atoms with Crippen LogP contribution in [0.15, 0.2) is 85.3 Å². The second-order valence-electron chi connectivity index (χ2n) is 9.56. The highest BCUT2D eigenvalue weighted by atomic mass is 35.5. The van der Waals surface area contributed by atoms with Crippen LogP contribution in [-0.4, -0.2) is 32.7 Å². The van der Waals surface area contributed by atoms with Gasteiger partial charge in [-0.3, -0.25) is 0 Å². The zero-order valence-corrected chi connectivity index (χ0v) is 23.4. The van der Waals surface area contributed by atoms with E-state index in [2.05, 4.69) is 9.97 Å². The van der Waals surface area contributed by atoms with E-state index in [4.69, 9.17) is 16.3 Å². The van der Waals surface area contributed by atoms with E-state index in [0.717, 1.165) is 0 Å². The number of anilines is 1. The summed E-state index contributed by atoms with van der Waals surface area (Å²) in [6, 6.07) is 19.2. The van der Waals surface area contributed by atoms with E-state index in [0.29, 0.717) is 29.4 Å². The average Bonchev–Trinajstić information content (AvgIpc) is 3.39. The number of halogens is 4. The Morgan fingerprint density at radius 1 is 0.951 bits per heavy atom. The van der Waals surface area contributed by atoms with Gasteiger partial charge < -0.3 is 19.3 Å². The van der Waals surface area contributed by atoms with E-state index >= 15 is 13.2 Å². The first-order valence-electron chi connectivity index (χ1n) is 13.1. The van der Waals surface area contributed by atoms with Crippen molar-refractivity contribution in [2.24, 2.45) is 7.05 Å². The maximum atomic E-state index is 15.0. The van der Waals surface area contributed by atoms with Crippen LogP contribution in [0.5, 0.6) is 11.5 Å². The Morgan fingerprint density at radius 3 is 2.20 bits per heavy atom. The Balaban J connectivity index is 1.84. The minimum absolute atomic E-state index is 0.0889. The molecular formula is C31H28ClF3N4O2. The number of pyridine rings is 1. The van der Waals surface area contributed by atoms with E-state index < -0.39 is 23.1 Å². The number of hydrogen-bond acceptors (Lipinski definition) is 5. The van der Waals surface area contributed by atoms with Crippen molar-refractivity contribution in [1.82, 2.24) is 14.5 Å². The lowest BCUT2D eigenvalue weighted by Crippen LogP contribution is -2.31. The molecule has 2 aromatic heterocycles. The average molecular weight is 581 g/mol. The van der Waals surface area contributed by atoms with Gasteiger partial charge >= 0.3 is 6.18 Å². The number of fused-ring (bicyclic) bond motifs is 1. The molecule has 0 fully saturated rings. The van der Waals surface area contributed by atoms with Crippen molar-refractivity contribution in [3.63, 3.8) is 0 Å². The molecule has 0 bridgehead atoms. The van der Waals surface area contributed by atoms with Crippen LogP contribution in [0.4, 0.5) is 19.0 Å². The number of aromatic nitrogens is 3. The van der Waals surface area contributed by atoms with E-state index in [9.17, 15) is 5.11 Å². The standard InChI is InChI=1S/C31H28ClF3N4O2/c1-4-39(5-2)29-28(41-23-9-7-6-8-10-23)27(31(33,34)35)24-17-21(13-16-25(24)37-29)30(40,26-18-36-19-38(26)3)20-11-14-22(32)15-12-20/h6-19,40H,4-5H2,1-3H3. The molecular weight excluding hydrogens is 553 g/mol. The number of aliphatic hydroxyl groups is 1. The highest BCUT2D eigenvalue weighted by Gasteiger charge is 2.42. The fourth-order valence-electron chi connectivity index (χ4n) is 5.04. The SMILES string of the molecule is CCN(CC)c1nc2ccc(C(O)(c3ccc(Cl)cc3)c3cncn3C)cc2c(C(F)(F)F)c1Oc1ccccc1. The van der Waals surface area contributed by atoms with Gasteiger partial charge in [0.15, 0.2) is 17.2 Å². The first kappa shape index (κ1) is 28.4. The second kappa shape index (κ2) is 11.1. The van der Waals surface area contributed by atoms with Crippen LogP contribution < -0.4 is 9.64 Å². The molecule has 3 aromatic carbocycles. The Morgan fingerprint density at radius 2 is 1.61 bits per heavy atom. The summed E-state index contributed by atoms with van der Waals surface area (Å²) in [5.41, 5.74) is -1.74. The number of hydrogen-bond donors (Lipinski definition) is 1. The lowest BCUT2D eigenvalue weighted by atomic mass is 9.82. The number of benzene rings is 3. The smallest absolute Gasteiger partial charge is 0.420 e. The van der Waals surface area contributed by atoms with Gasteiger partial charge in [0.2, 0.25) is 0 Å². The summed E-state index contributed by atoms with van der Waals surface area (Å²) in [6.07, 6.45) is -1.81. The molecule has 2 heterocycles. The monoisotopic (exact) mass is 580 g/mol. The third kappa shape index (κ3) is 5.23. The molecule has 212 valence electrons. The summed E-state index contributed by atoms with van der Waals surface area (Å²) in [5.74, 6) is -0.0603. The molecule has 0 aliphatic rings. The van der Waals surface area contributed by atoms with Crippen LogP contribution in [-0.2, 0) is 18.8 Å². The fraction of sp³-hybridized carbons (Fsp3) is 0.226. The lowest BCUT2D eigenvalue weighted by molar-refractivity contribution is -0.137. The number of ether oxygens (including phenoxy) is 1. The first-order chi connectivity index (χ1) is 19.6. The summed E-state index contributed by atoms with van der Waals surface area (Å²) in [5, 5.41) is 12.6. The van der Waals surface area contributed by atoms with E-state index in [1.54, 1.807) is 77.2 Å². The fourth-order valence-corrected chi connectivity index (χ4v) is 5.17. The van der Waals surface area contributed by atoms with Crippen LogP contribution in [0.2, 0.25) is 5.02 Å². The van der Waals surface area contributed by atoms with Crippen LogP contribution in [0.3, 0.4) is 0 Å². The highest BCUT2D eigenvalue weighted by molar-refractivity contribution is 6.30. The number of para-hydroxylation sites is 1. The maximum absolute atomic E-state index is 15.0. The molecule has 6 nitrogen and oxygen atoms in total. The van der Waals surface area contributed by atoms with Crippen molar-refractivity contribution < 1.29 is 23.0 Å². The van der Waals surface area contributed by atoms with Crippen molar-refractivity contribution in [3.8, 4) is 11.5 Å². The molecule has 5 rings (SSSR count). The molecule has 0 saturated heterocycles. The van der Waals surface area contributed by atoms with Crippen molar-refractivity contribution in [2.45, 2.75) is 25.6 Å². The van der Waals surface area contributed by atoms with E-state index in [-0.39, 0.29) is 28.0 Å². The summed E-state index contributed by atoms with van der Waals surface area (Å²) in [6.45, 7) is 4.54. The summed E-state index contributed by atoms with van der Waals surface area (Å²) >= 11 is 6.11. The molecule has 1 unspecified atom stereocenters. The highest BCUT2D eigenvalue weighted by Crippen LogP contribution is 2.48. The van der Waals surface area contributed by atoms with Crippen LogP contribution >= 0.6 is 11.6 Å². The molecule has 0 aliphatic heterocycles. The topological polar surface area (TPSA) is 63.4 Å². The second-order valence-corrected chi connectivity index (χ2v) is 10.0. The Labute approximate surface area is 240 Å². The largest absolute Gasteiger partial charge is 0.453 e. The van der Waals surface area contributed by atoms with Crippen LogP contribution in [0, 0.1) is 0 Å². The predicted molar refractivity (Wildman–Crippen MR) is 154 cm³/mol. The quantitative estimate of drug-likeness (QED) is 0.205. The molecule has 0 aliphatic carbocycles. The predicted octanol–water partition coefficient (Wildman–Crippen LogP) is 7.56. The van der Waals surface area contributed by atoms with E-state index in [1.165, 1.54) is 24.7 Å². The zero-order valence-electron chi connectivity index (χ0n) is 22.7. The minimum Gasteiger partial charge on any atom is -0.453 e. The molecule has 0 spiro atoms. The Hall–Kier alpha value is -4.08. The van der Waals surface area contributed by atoms with Crippen LogP contribution in [0.25, 0.3) is 10.9 Å². The van der Waals surface area contributed by atoms with Gasteiger partial charge in [-0.25, -0.2) is 9.97 Å². The van der Waals surface area contributed by atoms with Gasteiger partial charge in [-0.05, 0) is 61.4 Å². The molecule has 1 N–H and O–H groups in total. The third-order valence-corrected chi connectivity index (χ3v) is 7.35. The van der Waals surface area contributed by atoms with Gasteiger partial charge in [0, 0.05) is 30.5 Å². The molecule has 41 heavy (non-hydrogen) atoms. The van der Waals surface area contributed by atoms with Crippen molar-refractivity contribution in [2.75, 3.05) is 18.0 Å². The number of aryl methyl sites for hydroxylation is 1. The minimum atomic E-state index is -4.81. The van der Waals surface area contributed by atoms with Crippen molar-refractivity contribution >= 4 is 28.3 Å². The van der Waals surface area contributed by atoms with Crippen molar-refractivity contribution in [1.29, 1.82) is 0 Å². The number of alkyl halides is 3. The van der Waals surface area contributed by atoms with Gasteiger partial charge in [-0.2, -0.15) is 13.2 Å². The van der Waals surface area contributed by atoms with Gasteiger partial charge in [0.1, 0.15) is 11.3 Å². The van der Waals surface area contributed by atoms with Crippen molar-refractivity contribution in [3.05, 3.63) is 113 Å². The Bertz CT molecular complexity index is 1670. The number of nitrogens with zero attached hydrogens (tertiary/aromatic N) is 4. The normalized spacial score (nSPS) is 13.3. The first-order valence-corrected chi connectivity index (χ1v) is 13.4. The maximum Gasteiger partial charge on any atom is 0.420 e. The van der Waals surface area contributed by atoms with Gasteiger partial charge in [0.25, 0.3) is 0 Å². The number of rotatable bonds is 8. The zero-order chi connectivity index (χ0) is 29.4. The Kier molecular flexibility index (Phi) is 7.68. The van der Waals surface area contributed by atoms with Gasteiger partial charge in [-0.1, -0.05) is 48.0 Å². The molecule has 0 radical (unpaired) electrons. The molecule has 1 atom stereocenters. The third-order valence-electron chi connectivity index (χ3n) is 7.10. The van der Waals surface area contributed by atoms with Gasteiger partial charge in [0.05, 0.1) is 23.7 Å². The van der Waals surface area contributed by atoms with Crippen LogP contribution in [0.1, 0.15) is 36.2 Å².